The summed E-state index contributed by atoms with van der Waals surface area (Å²) in [5.74, 6) is 0.624. The van der Waals surface area contributed by atoms with Gasteiger partial charge < -0.3 is 4.98 Å². The highest BCUT2D eigenvalue weighted by molar-refractivity contribution is 6.42. The first-order chi connectivity index (χ1) is 7.74. The summed E-state index contributed by atoms with van der Waals surface area (Å²) in [6.07, 6.45) is 0. The second-order valence-electron chi connectivity index (χ2n) is 3.15. The van der Waals surface area contributed by atoms with Crippen molar-refractivity contribution in [2.75, 3.05) is 0 Å². The normalized spacial score (nSPS) is 11.1. The van der Waals surface area contributed by atoms with Gasteiger partial charge in [-0.1, -0.05) is 23.2 Å². The minimum atomic E-state index is 0.432. The topological polar surface area (TPSA) is 67.6 Å². The highest BCUT2D eigenvalue weighted by atomic mass is 35.5. The van der Waals surface area contributed by atoms with Gasteiger partial charge in [0.25, 0.3) is 0 Å². The van der Waals surface area contributed by atoms with Crippen LogP contribution in [0, 0.1) is 0 Å². The molecule has 0 aliphatic carbocycles. The average Bonchev–Trinajstić information content (AvgIpc) is 2.81. The molecule has 3 rings (SSSR count). The molecule has 0 aliphatic rings. The lowest BCUT2D eigenvalue weighted by Crippen LogP contribution is -1.81. The number of hydrogen-bond acceptors (Lipinski definition) is 4. The number of nitrogens with one attached hydrogen (secondary N) is 1. The Hall–Kier alpha value is -1.59. The summed E-state index contributed by atoms with van der Waals surface area (Å²) in [5, 5.41) is 8.23. The Morgan fingerprint density at radius 1 is 1.12 bits per heavy atom. The lowest BCUT2D eigenvalue weighted by Gasteiger charge is -1.98. The Kier molecular flexibility index (Phi) is 2.08. The van der Waals surface area contributed by atoms with Gasteiger partial charge in [-0.15, -0.1) is 0 Å². The van der Waals surface area contributed by atoms with Crippen molar-refractivity contribution < 1.29 is 4.63 Å². The molecule has 2 heterocycles. The zero-order valence-corrected chi connectivity index (χ0v) is 9.25. The quantitative estimate of drug-likeness (QED) is 0.725. The van der Waals surface area contributed by atoms with Gasteiger partial charge >= 0.3 is 0 Å². The van der Waals surface area contributed by atoms with Gasteiger partial charge in [0, 0.05) is 5.56 Å². The van der Waals surface area contributed by atoms with E-state index in [0.29, 0.717) is 27.2 Å². The second kappa shape index (κ2) is 3.47. The minimum absolute atomic E-state index is 0.432. The van der Waals surface area contributed by atoms with Crippen LogP contribution in [-0.2, 0) is 0 Å². The Morgan fingerprint density at radius 3 is 2.75 bits per heavy atom. The van der Waals surface area contributed by atoms with E-state index in [2.05, 4.69) is 24.9 Å². The van der Waals surface area contributed by atoms with Crippen LogP contribution in [0.4, 0.5) is 0 Å². The summed E-state index contributed by atoms with van der Waals surface area (Å²) in [6, 6.07) is 5.24. The fourth-order valence-electron chi connectivity index (χ4n) is 1.36. The largest absolute Gasteiger partial charge is 0.318 e. The number of halogens is 2. The molecule has 0 atom stereocenters. The number of benzene rings is 1. The second-order valence-corrected chi connectivity index (χ2v) is 3.97. The van der Waals surface area contributed by atoms with Crippen molar-refractivity contribution in [1.29, 1.82) is 0 Å². The number of aromatic nitrogens is 4. The SMILES string of the molecule is Clc1ccc(-c2nc3nonc3[nH]2)cc1Cl. The Morgan fingerprint density at radius 2 is 2.00 bits per heavy atom. The van der Waals surface area contributed by atoms with Crippen LogP contribution in [0.3, 0.4) is 0 Å². The number of fused-ring (bicyclic) bond motifs is 1. The Balaban J connectivity index is 2.15. The molecule has 0 bridgehead atoms. The van der Waals surface area contributed by atoms with E-state index in [9.17, 15) is 0 Å². The Bertz CT molecular complexity index is 632. The van der Waals surface area contributed by atoms with Gasteiger partial charge in [-0.05, 0) is 28.5 Å². The summed E-state index contributed by atoms with van der Waals surface area (Å²) in [7, 11) is 0. The fourth-order valence-corrected chi connectivity index (χ4v) is 1.66. The van der Waals surface area contributed by atoms with Crippen LogP contribution in [0.15, 0.2) is 22.8 Å². The van der Waals surface area contributed by atoms with Crippen molar-refractivity contribution in [1.82, 2.24) is 20.3 Å². The summed E-state index contributed by atoms with van der Waals surface area (Å²) in [6.45, 7) is 0. The van der Waals surface area contributed by atoms with Gasteiger partial charge in [0.2, 0.25) is 11.3 Å². The third-order valence-corrected chi connectivity index (χ3v) is 2.86. The van der Waals surface area contributed by atoms with Crippen molar-refractivity contribution in [3.8, 4) is 11.4 Å². The molecular formula is C9H4Cl2N4O. The van der Waals surface area contributed by atoms with Gasteiger partial charge in [-0.25, -0.2) is 9.61 Å². The lowest BCUT2D eigenvalue weighted by molar-refractivity contribution is 0.313. The molecule has 1 aromatic carbocycles. The van der Waals surface area contributed by atoms with E-state index in [1.54, 1.807) is 12.1 Å². The molecule has 3 aromatic rings. The molecule has 80 valence electrons. The maximum Gasteiger partial charge on any atom is 0.243 e. The first-order valence-corrected chi connectivity index (χ1v) is 5.13. The Labute approximate surface area is 99.3 Å². The lowest BCUT2D eigenvalue weighted by atomic mass is 10.2. The third-order valence-electron chi connectivity index (χ3n) is 2.12. The standard InChI is InChI=1S/C9H4Cl2N4O/c10-5-2-1-4(3-6(5)11)7-12-8-9(13-7)15-16-14-8/h1-3H,(H,12,13,14,15). The molecule has 0 aliphatic heterocycles. The zero-order chi connectivity index (χ0) is 11.1. The van der Waals surface area contributed by atoms with E-state index in [0.717, 1.165) is 5.56 Å². The number of H-pyrrole nitrogens is 1. The van der Waals surface area contributed by atoms with Crippen LogP contribution in [0.5, 0.6) is 0 Å². The van der Waals surface area contributed by atoms with Gasteiger partial charge in [0.1, 0.15) is 5.82 Å². The van der Waals surface area contributed by atoms with Crippen LogP contribution in [-0.4, -0.2) is 20.3 Å². The molecule has 0 radical (unpaired) electrons. The first kappa shape index (κ1) is 9.62. The molecule has 0 unspecified atom stereocenters. The number of aromatic amines is 1. The molecule has 0 spiro atoms. The molecule has 0 saturated heterocycles. The van der Waals surface area contributed by atoms with E-state index >= 15 is 0 Å². The number of nitrogens with zero attached hydrogens (tertiary/aromatic N) is 3. The van der Waals surface area contributed by atoms with E-state index in [4.69, 9.17) is 23.2 Å². The summed E-state index contributed by atoms with van der Waals surface area (Å²) < 4.78 is 4.50. The highest BCUT2D eigenvalue weighted by Crippen LogP contribution is 2.27. The van der Waals surface area contributed by atoms with Crippen molar-refractivity contribution in [3.63, 3.8) is 0 Å². The minimum Gasteiger partial charge on any atom is -0.318 e. The van der Waals surface area contributed by atoms with E-state index in [1.807, 2.05) is 6.07 Å². The van der Waals surface area contributed by atoms with Crippen molar-refractivity contribution in [3.05, 3.63) is 28.2 Å². The van der Waals surface area contributed by atoms with Crippen LogP contribution in [0.1, 0.15) is 0 Å². The molecule has 7 heteroatoms. The molecule has 1 N–H and O–H groups in total. The predicted molar refractivity (Wildman–Crippen MR) is 59.4 cm³/mol. The van der Waals surface area contributed by atoms with Gasteiger partial charge in [-0.2, -0.15) is 0 Å². The maximum atomic E-state index is 5.91. The van der Waals surface area contributed by atoms with Gasteiger partial charge in [0.05, 0.1) is 10.0 Å². The average molecular weight is 255 g/mol. The van der Waals surface area contributed by atoms with Gasteiger partial charge in [0.15, 0.2) is 0 Å². The number of rotatable bonds is 1. The van der Waals surface area contributed by atoms with Crippen LogP contribution >= 0.6 is 23.2 Å². The number of imidazole rings is 1. The van der Waals surface area contributed by atoms with E-state index in [1.165, 1.54) is 0 Å². The monoisotopic (exact) mass is 254 g/mol. The van der Waals surface area contributed by atoms with Crippen LogP contribution < -0.4 is 0 Å². The first-order valence-electron chi connectivity index (χ1n) is 4.38. The molecule has 2 aromatic heterocycles. The maximum absolute atomic E-state index is 5.91. The smallest absolute Gasteiger partial charge is 0.243 e. The zero-order valence-electron chi connectivity index (χ0n) is 7.74. The fraction of sp³-hybridized carbons (Fsp3) is 0. The van der Waals surface area contributed by atoms with Crippen molar-refractivity contribution >= 4 is 34.5 Å². The molecule has 0 amide bonds. The van der Waals surface area contributed by atoms with E-state index in [-0.39, 0.29) is 0 Å². The van der Waals surface area contributed by atoms with E-state index < -0.39 is 0 Å². The summed E-state index contributed by atoms with van der Waals surface area (Å²) in [4.78, 5) is 7.15. The molecular weight excluding hydrogens is 251 g/mol. The van der Waals surface area contributed by atoms with Crippen molar-refractivity contribution in [2.45, 2.75) is 0 Å². The van der Waals surface area contributed by atoms with Gasteiger partial charge in [-0.3, -0.25) is 0 Å². The molecule has 16 heavy (non-hydrogen) atoms. The van der Waals surface area contributed by atoms with Crippen LogP contribution in [0.2, 0.25) is 10.0 Å². The number of hydrogen-bond donors (Lipinski definition) is 1. The van der Waals surface area contributed by atoms with Crippen LogP contribution in [0.25, 0.3) is 22.7 Å². The predicted octanol–water partition coefficient (Wildman–Crippen LogP) is 2.92. The van der Waals surface area contributed by atoms with Crippen molar-refractivity contribution in [2.24, 2.45) is 0 Å². The molecule has 0 fully saturated rings. The molecule has 5 nitrogen and oxygen atoms in total. The third kappa shape index (κ3) is 1.45. The highest BCUT2D eigenvalue weighted by Gasteiger charge is 2.10. The summed E-state index contributed by atoms with van der Waals surface area (Å²) in [5.41, 5.74) is 1.75. The molecule has 0 saturated carbocycles. The summed E-state index contributed by atoms with van der Waals surface area (Å²) >= 11 is 11.7.